The van der Waals surface area contributed by atoms with E-state index in [0.717, 1.165) is 23.8 Å². The summed E-state index contributed by atoms with van der Waals surface area (Å²) in [5, 5.41) is 13.5. The third-order valence-electron chi connectivity index (χ3n) is 3.15. The number of carbonyl (C=O) groups excluding carboxylic acids is 1. The van der Waals surface area contributed by atoms with Crippen LogP contribution in [0.4, 0.5) is 10.1 Å². The monoisotopic (exact) mass is 318 g/mol. The molecule has 1 unspecified atom stereocenters. The van der Waals surface area contributed by atoms with Crippen molar-refractivity contribution in [3.8, 4) is 5.75 Å². The van der Waals surface area contributed by atoms with Crippen molar-refractivity contribution < 1.29 is 18.8 Å². The van der Waals surface area contributed by atoms with Crippen LogP contribution in [0, 0.1) is 15.9 Å². The molecule has 6 nitrogen and oxygen atoms in total. The van der Waals surface area contributed by atoms with Crippen molar-refractivity contribution in [3.63, 3.8) is 0 Å². The number of nitrogens with zero attached hydrogens (tertiary/aromatic N) is 1. The molecule has 23 heavy (non-hydrogen) atoms. The Hall–Kier alpha value is -2.96. The van der Waals surface area contributed by atoms with E-state index in [-0.39, 0.29) is 11.8 Å². The highest BCUT2D eigenvalue weighted by Gasteiger charge is 2.17. The Kier molecular flexibility index (Phi) is 5.24. The SMILES string of the molecule is CC(NC(=O)COc1cc(F)ccc1[N+](=O)[O-])c1ccccc1. The van der Waals surface area contributed by atoms with Gasteiger partial charge in [-0.05, 0) is 18.6 Å². The van der Waals surface area contributed by atoms with Crippen LogP contribution in [-0.4, -0.2) is 17.4 Å². The molecule has 120 valence electrons. The van der Waals surface area contributed by atoms with Crippen molar-refractivity contribution in [3.05, 3.63) is 70.0 Å². The van der Waals surface area contributed by atoms with Crippen LogP contribution in [0.3, 0.4) is 0 Å². The number of nitrogens with one attached hydrogen (secondary N) is 1. The fourth-order valence-electron chi connectivity index (χ4n) is 2.01. The lowest BCUT2D eigenvalue weighted by Crippen LogP contribution is -2.31. The minimum Gasteiger partial charge on any atom is -0.477 e. The summed E-state index contributed by atoms with van der Waals surface area (Å²) < 4.78 is 18.2. The van der Waals surface area contributed by atoms with E-state index in [1.54, 1.807) is 6.92 Å². The van der Waals surface area contributed by atoms with Gasteiger partial charge in [-0.2, -0.15) is 0 Å². The molecule has 0 bridgehead atoms. The van der Waals surface area contributed by atoms with Gasteiger partial charge < -0.3 is 10.1 Å². The lowest BCUT2D eigenvalue weighted by atomic mass is 10.1. The zero-order valence-corrected chi connectivity index (χ0v) is 12.4. The van der Waals surface area contributed by atoms with Crippen LogP contribution in [0.2, 0.25) is 0 Å². The van der Waals surface area contributed by atoms with E-state index < -0.39 is 28.9 Å². The van der Waals surface area contributed by atoms with E-state index in [1.165, 1.54) is 0 Å². The smallest absolute Gasteiger partial charge is 0.311 e. The predicted octanol–water partition coefficient (Wildman–Crippen LogP) is 2.99. The van der Waals surface area contributed by atoms with Gasteiger partial charge in [-0.1, -0.05) is 30.3 Å². The first kappa shape index (κ1) is 16.4. The summed E-state index contributed by atoms with van der Waals surface area (Å²) in [7, 11) is 0. The number of halogens is 1. The van der Waals surface area contributed by atoms with Gasteiger partial charge in [0.1, 0.15) is 5.82 Å². The normalized spacial score (nSPS) is 11.6. The molecule has 1 amide bonds. The van der Waals surface area contributed by atoms with Crippen LogP contribution in [0.1, 0.15) is 18.5 Å². The number of amides is 1. The zero-order valence-electron chi connectivity index (χ0n) is 12.4. The molecule has 0 heterocycles. The number of benzene rings is 2. The summed E-state index contributed by atoms with van der Waals surface area (Å²) >= 11 is 0. The second-order valence-corrected chi connectivity index (χ2v) is 4.86. The molecule has 0 saturated carbocycles. The van der Waals surface area contributed by atoms with E-state index in [2.05, 4.69) is 5.32 Å². The number of nitro benzene ring substituents is 1. The molecule has 0 radical (unpaired) electrons. The van der Waals surface area contributed by atoms with Crippen LogP contribution < -0.4 is 10.1 Å². The summed E-state index contributed by atoms with van der Waals surface area (Å²) in [6.07, 6.45) is 0. The molecule has 0 fully saturated rings. The van der Waals surface area contributed by atoms with Gasteiger partial charge in [-0.3, -0.25) is 14.9 Å². The van der Waals surface area contributed by atoms with Gasteiger partial charge in [-0.25, -0.2) is 4.39 Å². The third kappa shape index (κ3) is 4.50. The number of ether oxygens (including phenoxy) is 1. The summed E-state index contributed by atoms with van der Waals surface area (Å²) in [4.78, 5) is 22.0. The number of hydrogen-bond acceptors (Lipinski definition) is 4. The van der Waals surface area contributed by atoms with Gasteiger partial charge >= 0.3 is 5.69 Å². The Morgan fingerprint density at radius 3 is 2.65 bits per heavy atom. The molecule has 0 saturated heterocycles. The standard InChI is InChI=1S/C16H15FN2O4/c1-11(12-5-3-2-4-6-12)18-16(20)10-23-15-9-13(17)7-8-14(15)19(21)22/h2-9,11H,10H2,1H3,(H,18,20). The highest BCUT2D eigenvalue weighted by Crippen LogP contribution is 2.27. The zero-order chi connectivity index (χ0) is 16.8. The van der Waals surface area contributed by atoms with Gasteiger partial charge in [0.15, 0.2) is 6.61 Å². The van der Waals surface area contributed by atoms with Crippen molar-refractivity contribution in [2.24, 2.45) is 0 Å². The van der Waals surface area contributed by atoms with Crippen LogP contribution in [0.15, 0.2) is 48.5 Å². The Balaban J connectivity index is 1.97. The second kappa shape index (κ2) is 7.35. The fourth-order valence-corrected chi connectivity index (χ4v) is 2.01. The van der Waals surface area contributed by atoms with Gasteiger partial charge in [0.25, 0.3) is 5.91 Å². The molecular formula is C16H15FN2O4. The number of nitro groups is 1. The first-order valence-electron chi connectivity index (χ1n) is 6.88. The summed E-state index contributed by atoms with van der Waals surface area (Å²) in [6.45, 7) is 1.36. The van der Waals surface area contributed by atoms with Crippen molar-refractivity contribution in [1.82, 2.24) is 5.32 Å². The van der Waals surface area contributed by atoms with Crippen LogP contribution in [-0.2, 0) is 4.79 Å². The molecule has 0 aliphatic carbocycles. The molecule has 2 aromatic rings. The molecule has 2 rings (SSSR count). The lowest BCUT2D eigenvalue weighted by molar-refractivity contribution is -0.385. The van der Waals surface area contributed by atoms with E-state index >= 15 is 0 Å². The highest BCUT2D eigenvalue weighted by atomic mass is 19.1. The van der Waals surface area contributed by atoms with Gasteiger partial charge in [0, 0.05) is 12.1 Å². The first-order chi connectivity index (χ1) is 11.0. The maximum Gasteiger partial charge on any atom is 0.311 e. The minimum absolute atomic E-state index is 0.241. The topological polar surface area (TPSA) is 81.5 Å². The number of rotatable bonds is 6. The summed E-state index contributed by atoms with van der Waals surface area (Å²) in [5.41, 5.74) is 0.521. The molecule has 1 atom stereocenters. The first-order valence-corrected chi connectivity index (χ1v) is 6.88. The molecule has 0 spiro atoms. The van der Waals surface area contributed by atoms with E-state index in [4.69, 9.17) is 4.74 Å². The minimum atomic E-state index is -0.695. The fraction of sp³-hybridized carbons (Fsp3) is 0.188. The maximum absolute atomic E-state index is 13.2. The molecule has 7 heteroatoms. The van der Waals surface area contributed by atoms with Gasteiger partial charge in [-0.15, -0.1) is 0 Å². The second-order valence-electron chi connectivity index (χ2n) is 4.86. The van der Waals surface area contributed by atoms with Gasteiger partial charge in [0.05, 0.1) is 11.0 Å². The van der Waals surface area contributed by atoms with Crippen LogP contribution in [0.5, 0.6) is 5.75 Å². The Morgan fingerprint density at radius 1 is 1.30 bits per heavy atom. The summed E-state index contributed by atoms with van der Waals surface area (Å²) in [6, 6.07) is 11.9. The number of hydrogen-bond donors (Lipinski definition) is 1. The molecule has 2 aromatic carbocycles. The molecule has 0 aromatic heterocycles. The quantitative estimate of drug-likeness (QED) is 0.656. The van der Waals surface area contributed by atoms with E-state index in [9.17, 15) is 19.3 Å². The van der Waals surface area contributed by atoms with Crippen molar-refractivity contribution in [1.29, 1.82) is 0 Å². The van der Waals surface area contributed by atoms with E-state index in [0.29, 0.717) is 0 Å². The van der Waals surface area contributed by atoms with Crippen LogP contribution in [0.25, 0.3) is 0 Å². The molecule has 1 N–H and O–H groups in total. The van der Waals surface area contributed by atoms with Crippen molar-refractivity contribution in [2.45, 2.75) is 13.0 Å². The molecule has 0 aliphatic heterocycles. The van der Waals surface area contributed by atoms with Crippen LogP contribution >= 0.6 is 0 Å². The Morgan fingerprint density at radius 2 is 2.00 bits per heavy atom. The summed E-state index contributed by atoms with van der Waals surface area (Å²) in [5.74, 6) is -1.42. The van der Waals surface area contributed by atoms with Gasteiger partial charge in [0.2, 0.25) is 5.75 Å². The lowest BCUT2D eigenvalue weighted by Gasteiger charge is -2.14. The average Bonchev–Trinajstić information content (AvgIpc) is 2.53. The number of carbonyl (C=O) groups is 1. The van der Waals surface area contributed by atoms with Crippen molar-refractivity contribution >= 4 is 11.6 Å². The molecule has 0 aliphatic rings. The van der Waals surface area contributed by atoms with E-state index in [1.807, 2.05) is 30.3 Å². The average molecular weight is 318 g/mol. The van der Waals surface area contributed by atoms with Crippen molar-refractivity contribution in [2.75, 3.05) is 6.61 Å². The Bertz CT molecular complexity index is 706. The molecular weight excluding hydrogens is 303 g/mol. The predicted molar refractivity (Wildman–Crippen MR) is 81.5 cm³/mol. The maximum atomic E-state index is 13.2. The Labute approximate surface area is 132 Å². The highest BCUT2D eigenvalue weighted by molar-refractivity contribution is 5.78. The third-order valence-corrected chi connectivity index (χ3v) is 3.15. The largest absolute Gasteiger partial charge is 0.477 e.